The van der Waals surface area contributed by atoms with Crippen LogP contribution in [0.3, 0.4) is 0 Å². The zero-order valence-corrected chi connectivity index (χ0v) is 12.1. The lowest BCUT2D eigenvalue weighted by Gasteiger charge is -2.25. The van der Waals surface area contributed by atoms with Gasteiger partial charge in [-0.25, -0.2) is 0 Å². The Balaban J connectivity index is 2.13. The number of carbonyl (C=O) groups excluding carboxylic acids is 1. The van der Waals surface area contributed by atoms with Crippen molar-refractivity contribution in [2.75, 3.05) is 37.4 Å². The molecule has 6 nitrogen and oxygen atoms in total. The molecule has 6 heteroatoms. The van der Waals surface area contributed by atoms with Crippen LogP contribution in [0.1, 0.15) is 13.8 Å². The van der Waals surface area contributed by atoms with Crippen LogP contribution in [-0.2, 0) is 4.79 Å². The van der Waals surface area contributed by atoms with Crippen molar-refractivity contribution in [3.05, 3.63) is 12.1 Å². The summed E-state index contributed by atoms with van der Waals surface area (Å²) >= 11 is 0. The van der Waals surface area contributed by atoms with Crippen molar-refractivity contribution < 1.29 is 14.3 Å². The van der Waals surface area contributed by atoms with Crippen molar-refractivity contribution >= 4 is 17.3 Å². The van der Waals surface area contributed by atoms with Crippen molar-refractivity contribution in [1.82, 2.24) is 5.32 Å². The highest BCUT2D eigenvalue weighted by Crippen LogP contribution is 2.38. The molecule has 0 spiro atoms. The number of hydrogen-bond donors (Lipinski definition) is 2. The predicted molar refractivity (Wildman–Crippen MR) is 78.4 cm³/mol. The van der Waals surface area contributed by atoms with Crippen molar-refractivity contribution in [2.24, 2.45) is 0 Å². The molecule has 3 N–H and O–H groups in total. The Labute approximate surface area is 118 Å². The molecule has 0 aromatic heterocycles. The molecule has 0 bridgehead atoms. The summed E-state index contributed by atoms with van der Waals surface area (Å²) in [5, 5.41) is 2.85. The van der Waals surface area contributed by atoms with Crippen LogP contribution in [0.15, 0.2) is 12.1 Å². The van der Waals surface area contributed by atoms with E-state index in [9.17, 15) is 4.79 Å². The number of ether oxygens (including phenoxy) is 2. The number of likely N-dealkylation sites (N-methyl/N-ethyl adjacent to an activating group) is 1. The van der Waals surface area contributed by atoms with E-state index < -0.39 is 0 Å². The number of hydrogen-bond acceptors (Lipinski definition) is 5. The van der Waals surface area contributed by atoms with Gasteiger partial charge in [-0.2, -0.15) is 0 Å². The van der Waals surface area contributed by atoms with Crippen LogP contribution in [0.4, 0.5) is 11.4 Å². The smallest absolute Gasteiger partial charge is 0.239 e. The number of amides is 1. The minimum absolute atomic E-state index is 0.0446. The SMILES string of the molecule is CC(C)NC(=O)CN(C)c1cc2c(cc1N)OCCO2. The number of nitrogens with one attached hydrogen (secondary N) is 1. The first-order valence-corrected chi connectivity index (χ1v) is 6.67. The molecule has 20 heavy (non-hydrogen) atoms. The largest absolute Gasteiger partial charge is 0.486 e. The maximum Gasteiger partial charge on any atom is 0.239 e. The van der Waals surface area contributed by atoms with Gasteiger partial charge in [0.25, 0.3) is 0 Å². The summed E-state index contributed by atoms with van der Waals surface area (Å²) in [6, 6.07) is 3.67. The molecule has 0 atom stereocenters. The van der Waals surface area contributed by atoms with Crippen LogP contribution in [0.25, 0.3) is 0 Å². The van der Waals surface area contributed by atoms with Gasteiger partial charge < -0.3 is 25.4 Å². The van der Waals surface area contributed by atoms with Crippen LogP contribution < -0.4 is 25.4 Å². The van der Waals surface area contributed by atoms with Gasteiger partial charge in [-0.1, -0.05) is 0 Å². The highest BCUT2D eigenvalue weighted by atomic mass is 16.6. The molecule has 1 aliphatic heterocycles. The van der Waals surface area contributed by atoms with Gasteiger partial charge >= 0.3 is 0 Å². The summed E-state index contributed by atoms with van der Waals surface area (Å²) in [5.41, 5.74) is 7.34. The Bertz CT molecular complexity index is 503. The van der Waals surface area contributed by atoms with E-state index >= 15 is 0 Å². The number of anilines is 2. The molecule has 1 heterocycles. The summed E-state index contributed by atoms with van der Waals surface area (Å²) in [5.74, 6) is 1.27. The Morgan fingerprint density at radius 1 is 1.35 bits per heavy atom. The molecule has 1 aliphatic rings. The highest BCUT2D eigenvalue weighted by molar-refractivity contribution is 5.84. The van der Waals surface area contributed by atoms with E-state index in [1.165, 1.54) is 0 Å². The van der Waals surface area contributed by atoms with Gasteiger partial charge in [-0.15, -0.1) is 0 Å². The van der Waals surface area contributed by atoms with E-state index in [-0.39, 0.29) is 18.5 Å². The number of fused-ring (bicyclic) bond motifs is 1. The summed E-state index contributed by atoms with van der Waals surface area (Å²) in [4.78, 5) is 13.6. The summed E-state index contributed by atoms with van der Waals surface area (Å²) in [7, 11) is 1.82. The van der Waals surface area contributed by atoms with Gasteiger partial charge in [-0.05, 0) is 13.8 Å². The molecule has 0 radical (unpaired) electrons. The third kappa shape index (κ3) is 3.26. The van der Waals surface area contributed by atoms with Crippen LogP contribution >= 0.6 is 0 Å². The monoisotopic (exact) mass is 279 g/mol. The van der Waals surface area contributed by atoms with E-state index in [1.54, 1.807) is 11.0 Å². The highest BCUT2D eigenvalue weighted by Gasteiger charge is 2.18. The first-order chi connectivity index (χ1) is 9.47. The van der Waals surface area contributed by atoms with Crippen LogP contribution in [0.2, 0.25) is 0 Å². The number of carbonyl (C=O) groups is 1. The molecule has 0 unspecified atom stereocenters. The maximum atomic E-state index is 11.8. The Morgan fingerprint density at radius 3 is 2.55 bits per heavy atom. The van der Waals surface area contributed by atoms with Crippen LogP contribution in [0.5, 0.6) is 11.5 Å². The third-order valence-corrected chi connectivity index (χ3v) is 2.93. The zero-order valence-electron chi connectivity index (χ0n) is 12.1. The fraction of sp³-hybridized carbons (Fsp3) is 0.500. The van der Waals surface area contributed by atoms with Crippen molar-refractivity contribution in [2.45, 2.75) is 19.9 Å². The van der Waals surface area contributed by atoms with E-state index in [2.05, 4.69) is 5.32 Å². The predicted octanol–water partition coefficient (Wildman–Crippen LogP) is 1.00. The van der Waals surface area contributed by atoms with Crippen LogP contribution in [0, 0.1) is 0 Å². The minimum Gasteiger partial charge on any atom is -0.486 e. The Morgan fingerprint density at radius 2 is 1.95 bits per heavy atom. The van der Waals surface area contributed by atoms with Crippen LogP contribution in [-0.4, -0.2) is 38.8 Å². The molecule has 1 amide bonds. The molecule has 0 aliphatic carbocycles. The minimum atomic E-state index is -0.0446. The van der Waals surface area contributed by atoms with Crippen molar-refractivity contribution in [1.29, 1.82) is 0 Å². The molecule has 0 saturated carbocycles. The average molecular weight is 279 g/mol. The molecule has 0 saturated heterocycles. The molecule has 1 aromatic carbocycles. The lowest BCUT2D eigenvalue weighted by atomic mass is 10.2. The topological polar surface area (TPSA) is 76.8 Å². The van der Waals surface area contributed by atoms with E-state index in [1.807, 2.05) is 27.0 Å². The fourth-order valence-corrected chi connectivity index (χ4v) is 2.09. The lowest BCUT2D eigenvalue weighted by Crippen LogP contribution is -2.38. The summed E-state index contributed by atoms with van der Waals surface area (Å²) in [6.45, 7) is 5.14. The second kappa shape index (κ2) is 5.90. The second-order valence-electron chi connectivity index (χ2n) is 5.13. The van der Waals surface area contributed by atoms with E-state index in [0.29, 0.717) is 30.4 Å². The number of benzene rings is 1. The second-order valence-corrected chi connectivity index (χ2v) is 5.13. The number of nitrogen functional groups attached to an aromatic ring is 1. The van der Waals surface area contributed by atoms with Gasteiger partial charge in [0, 0.05) is 25.2 Å². The maximum absolute atomic E-state index is 11.8. The molecule has 2 rings (SSSR count). The van der Waals surface area contributed by atoms with Gasteiger partial charge in [-0.3, -0.25) is 4.79 Å². The Kier molecular flexibility index (Phi) is 4.22. The van der Waals surface area contributed by atoms with Gasteiger partial charge in [0.15, 0.2) is 11.5 Å². The number of nitrogens with two attached hydrogens (primary N) is 1. The Hall–Kier alpha value is -2.11. The quantitative estimate of drug-likeness (QED) is 0.804. The fourth-order valence-electron chi connectivity index (χ4n) is 2.09. The van der Waals surface area contributed by atoms with E-state index in [0.717, 1.165) is 5.69 Å². The normalized spacial score (nSPS) is 13.2. The lowest BCUT2D eigenvalue weighted by molar-refractivity contribution is -0.120. The van der Waals surface area contributed by atoms with Crippen molar-refractivity contribution in [3.8, 4) is 11.5 Å². The van der Waals surface area contributed by atoms with Crippen molar-refractivity contribution in [3.63, 3.8) is 0 Å². The van der Waals surface area contributed by atoms with E-state index in [4.69, 9.17) is 15.2 Å². The molecular formula is C14H21N3O3. The standard InChI is InChI=1S/C14H21N3O3/c1-9(2)16-14(18)8-17(3)11-7-13-12(6-10(11)15)19-4-5-20-13/h6-7,9H,4-5,8,15H2,1-3H3,(H,16,18). The average Bonchev–Trinajstić information content (AvgIpc) is 2.36. The molecule has 1 aromatic rings. The molecular weight excluding hydrogens is 258 g/mol. The summed E-state index contributed by atoms with van der Waals surface area (Å²) in [6.07, 6.45) is 0. The molecule has 110 valence electrons. The molecule has 0 fully saturated rings. The number of nitrogens with zero attached hydrogens (tertiary/aromatic N) is 1. The van der Waals surface area contributed by atoms with Gasteiger partial charge in [0.1, 0.15) is 13.2 Å². The third-order valence-electron chi connectivity index (χ3n) is 2.93. The van der Waals surface area contributed by atoms with Gasteiger partial charge in [0.05, 0.1) is 17.9 Å². The first-order valence-electron chi connectivity index (χ1n) is 6.67. The first kappa shape index (κ1) is 14.3. The zero-order chi connectivity index (χ0) is 14.7. The summed E-state index contributed by atoms with van der Waals surface area (Å²) < 4.78 is 11.0. The van der Waals surface area contributed by atoms with Gasteiger partial charge in [0.2, 0.25) is 5.91 Å². The number of rotatable bonds is 4.